The number of aliphatic carboxylic acids is 1. The second-order valence-electron chi connectivity index (χ2n) is 5.26. The Bertz CT molecular complexity index is 524. The van der Waals surface area contributed by atoms with E-state index in [9.17, 15) is 14.1 Å². The zero-order valence-corrected chi connectivity index (χ0v) is 12.5. The molecule has 6 heteroatoms. The molecule has 1 aliphatic rings. The van der Waals surface area contributed by atoms with Gasteiger partial charge in [0.05, 0.1) is 38.0 Å². The average molecular weight is 317 g/mol. The maximum absolute atomic E-state index is 12.3. The highest BCUT2D eigenvalue weighted by atomic mass is 35.5. The minimum absolute atomic E-state index is 0.100. The summed E-state index contributed by atoms with van der Waals surface area (Å²) in [6.45, 7) is 0. The van der Waals surface area contributed by atoms with Crippen molar-refractivity contribution in [2.75, 3.05) is 5.75 Å². The summed E-state index contributed by atoms with van der Waals surface area (Å²) in [6.07, 6.45) is 1.57. The lowest BCUT2D eigenvalue weighted by Crippen LogP contribution is -2.40. The molecule has 1 aromatic carbocycles. The summed E-state index contributed by atoms with van der Waals surface area (Å²) in [6, 6.07) is 6.87. The van der Waals surface area contributed by atoms with E-state index in [0.29, 0.717) is 35.6 Å². The smallest absolute Gasteiger partial charge is 0.306 e. The normalized spacial score (nSPS) is 28.0. The summed E-state index contributed by atoms with van der Waals surface area (Å²) in [4.78, 5) is 11.4. The predicted octanol–water partition coefficient (Wildman–Crippen LogP) is 2.45. The van der Waals surface area contributed by atoms with E-state index in [4.69, 9.17) is 16.7 Å². The lowest BCUT2D eigenvalue weighted by Gasteiger charge is -2.34. The van der Waals surface area contributed by atoms with E-state index < -0.39 is 28.3 Å². The Hall–Kier alpha value is -0.910. The van der Waals surface area contributed by atoms with Gasteiger partial charge in [0.15, 0.2) is 0 Å². The van der Waals surface area contributed by atoms with Gasteiger partial charge < -0.3 is 10.2 Å². The molecule has 0 heterocycles. The number of rotatable bonds is 4. The van der Waals surface area contributed by atoms with Gasteiger partial charge in [-0.2, -0.15) is 0 Å². The maximum Gasteiger partial charge on any atom is 0.306 e. The van der Waals surface area contributed by atoms with Crippen molar-refractivity contribution in [2.24, 2.45) is 5.92 Å². The third-order valence-electron chi connectivity index (χ3n) is 3.75. The Morgan fingerprint density at radius 3 is 2.50 bits per heavy atom. The van der Waals surface area contributed by atoms with Gasteiger partial charge in [0, 0.05) is 0 Å². The number of carboxylic acid groups (broad SMARTS) is 1. The van der Waals surface area contributed by atoms with E-state index >= 15 is 0 Å². The van der Waals surface area contributed by atoms with Crippen LogP contribution in [0.15, 0.2) is 29.2 Å². The molecule has 2 N–H and O–H groups in total. The summed E-state index contributed by atoms with van der Waals surface area (Å²) in [7, 11) is -1.38. The molecule has 0 spiro atoms. The van der Waals surface area contributed by atoms with Gasteiger partial charge in [-0.25, -0.2) is 0 Å². The molecule has 1 aromatic rings. The van der Waals surface area contributed by atoms with Crippen LogP contribution < -0.4 is 0 Å². The molecule has 4 nitrogen and oxygen atoms in total. The van der Waals surface area contributed by atoms with Crippen molar-refractivity contribution >= 4 is 28.4 Å². The first kappa shape index (κ1) is 15.5. The van der Waals surface area contributed by atoms with Crippen molar-refractivity contribution in [3.05, 3.63) is 29.3 Å². The van der Waals surface area contributed by atoms with Gasteiger partial charge in [0.25, 0.3) is 0 Å². The van der Waals surface area contributed by atoms with Gasteiger partial charge >= 0.3 is 5.97 Å². The summed E-state index contributed by atoms with van der Waals surface area (Å²) in [5.41, 5.74) is -1.06. The van der Waals surface area contributed by atoms with Crippen LogP contribution in [0, 0.1) is 5.92 Å². The van der Waals surface area contributed by atoms with Crippen LogP contribution in [0.1, 0.15) is 25.7 Å². The second-order valence-corrected chi connectivity index (χ2v) is 7.08. The van der Waals surface area contributed by atoms with Crippen molar-refractivity contribution in [1.29, 1.82) is 0 Å². The number of halogens is 1. The fraction of sp³-hybridized carbons (Fsp3) is 0.500. The predicted molar refractivity (Wildman–Crippen MR) is 77.3 cm³/mol. The standard InChI is InChI=1S/C14H17ClO4S/c15-11-3-1-2-4-12(11)20(19)9-14(18)7-5-10(6-8-14)13(16)17/h1-4,10,18H,5-9H2,(H,16,17). The molecule has 0 radical (unpaired) electrons. The molecule has 0 aliphatic heterocycles. The Balaban J connectivity index is 2.02. The van der Waals surface area contributed by atoms with Crippen LogP contribution in [0.3, 0.4) is 0 Å². The van der Waals surface area contributed by atoms with Crippen molar-refractivity contribution in [1.82, 2.24) is 0 Å². The zero-order chi connectivity index (χ0) is 14.8. The third kappa shape index (κ3) is 3.59. The first-order valence-corrected chi connectivity index (χ1v) is 8.19. The quantitative estimate of drug-likeness (QED) is 0.894. The van der Waals surface area contributed by atoms with Gasteiger partial charge in [0.2, 0.25) is 0 Å². The van der Waals surface area contributed by atoms with E-state index in [1.807, 2.05) is 0 Å². The van der Waals surface area contributed by atoms with Crippen molar-refractivity contribution in [2.45, 2.75) is 36.2 Å². The maximum atomic E-state index is 12.3. The van der Waals surface area contributed by atoms with Crippen molar-refractivity contribution in [3.63, 3.8) is 0 Å². The molecule has 20 heavy (non-hydrogen) atoms. The van der Waals surface area contributed by atoms with Crippen LogP contribution in [0.4, 0.5) is 0 Å². The molecular weight excluding hydrogens is 300 g/mol. The lowest BCUT2D eigenvalue weighted by atomic mass is 9.80. The minimum Gasteiger partial charge on any atom is -0.481 e. The average Bonchev–Trinajstić information content (AvgIpc) is 2.39. The summed E-state index contributed by atoms with van der Waals surface area (Å²) in [5.74, 6) is -1.12. The number of aliphatic hydroxyl groups is 1. The van der Waals surface area contributed by atoms with Gasteiger partial charge in [0.1, 0.15) is 0 Å². The molecular formula is C14H17ClO4S. The number of hydrogen-bond acceptors (Lipinski definition) is 3. The Morgan fingerprint density at radius 1 is 1.35 bits per heavy atom. The Morgan fingerprint density at radius 2 is 1.95 bits per heavy atom. The molecule has 110 valence electrons. The molecule has 0 amide bonds. The monoisotopic (exact) mass is 316 g/mol. The first-order valence-electron chi connectivity index (χ1n) is 6.49. The van der Waals surface area contributed by atoms with Crippen LogP contribution in [-0.4, -0.2) is 31.7 Å². The van der Waals surface area contributed by atoms with Gasteiger partial charge in [-0.1, -0.05) is 23.7 Å². The van der Waals surface area contributed by atoms with E-state index in [2.05, 4.69) is 0 Å². The van der Waals surface area contributed by atoms with E-state index in [0.717, 1.165) is 0 Å². The largest absolute Gasteiger partial charge is 0.481 e. The SMILES string of the molecule is O=C(O)C1CCC(O)(CS(=O)c2ccccc2Cl)CC1. The highest BCUT2D eigenvalue weighted by Gasteiger charge is 2.37. The topological polar surface area (TPSA) is 74.6 Å². The molecule has 2 rings (SSSR count). The highest BCUT2D eigenvalue weighted by molar-refractivity contribution is 7.85. The fourth-order valence-electron chi connectivity index (χ4n) is 2.50. The number of carbonyl (C=O) groups is 1. The fourth-order valence-corrected chi connectivity index (χ4v) is 4.34. The molecule has 0 bridgehead atoms. The summed E-state index contributed by atoms with van der Waals surface area (Å²) < 4.78 is 12.3. The van der Waals surface area contributed by atoms with Gasteiger partial charge in [-0.05, 0) is 37.8 Å². The second kappa shape index (κ2) is 6.24. The van der Waals surface area contributed by atoms with Crippen LogP contribution in [0.2, 0.25) is 5.02 Å². The van der Waals surface area contributed by atoms with Crippen LogP contribution in [-0.2, 0) is 15.6 Å². The first-order chi connectivity index (χ1) is 9.41. The van der Waals surface area contributed by atoms with E-state index in [1.54, 1.807) is 24.3 Å². The van der Waals surface area contributed by atoms with Crippen molar-refractivity contribution in [3.8, 4) is 0 Å². The van der Waals surface area contributed by atoms with Crippen LogP contribution in [0.5, 0.6) is 0 Å². The highest BCUT2D eigenvalue weighted by Crippen LogP contribution is 2.34. The molecule has 1 unspecified atom stereocenters. The Kier molecular flexibility index (Phi) is 4.83. The molecule has 1 saturated carbocycles. The molecule has 1 fully saturated rings. The van der Waals surface area contributed by atoms with Gasteiger partial charge in [-0.15, -0.1) is 0 Å². The number of benzene rings is 1. The van der Waals surface area contributed by atoms with Crippen LogP contribution in [0.25, 0.3) is 0 Å². The molecule has 0 saturated heterocycles. The van der Waals surface area contributed by atoms with Gasteiger partial charge in [-0.3, -0.25) is 9.00 Å². The third-order valence-corrected chi connectivity index (χ3v) is 5.83. The minimum atomic E-state index is -1.38. The van der Waals surface area contributed by atoms with Crippen molar-refractivity contribution < 1.29 is 19.2 Å². The zero-order valence-electron chi connectivity index (χ0n) is 10.9. The molecule has 1 aliphatic carbocycles. The summed E-state index contributed by atoms with van der Waals surface area (Å²) in [5, 5.41) is 19.8. The lowest BCUT2D eigenvalue weighted by molar-refractivity contribution is -0.144. The Labute approximate surface area is 125 Å². The number of hydrogen-bond donors (Lipinski definition) is 2. The molecule has 1 atom stereocenters. The van der Waals surface area contributed by atoms with E-state index in [1.165, 1.54) is 0 Å². The number of carboxylic acids is 1. The summed E-state index contributed by atoms with van der Waals surface area (Å²) >= 11 is 5.99. The molecule has 0 aromatic heterocycles. The van der Waals surface area contributed by atoms with E-state index in [-0.39, 0.29) is 5.75 Å². The van der Waals surface area contributed by atoms with Crippen LogP contribution >= 0.6 is 11.6 Å².